The summed E-state index contributed by atoms with van der Waals surface area (Å²) in [7, 11) is 0. The van der Waals surface area contributed by atoms with E-state index < -0.39 is 0 Å². The highest BCUT2D eigenvalue weighted by atomic mass is 15.2. The Balaban J connectivity index is 1.33. The van der Waals surface area contributed by atoms with Crippen LogP contribution in [0.3, 0.4) is 0 Å². The predicted octanol–water partition coefficient (Wildman–Crippen LogP) is 6.90. The predicted molar refractivity (Wildman–Crippen MR) is 139 cm³/mol. The number of nitrogens with zero attached hydrogens (tertiary/aromatic N) is 3. The first kappa shape index (κ1) is 18.1. The molecule has 0 unspecified atom stereocenters. The van der Waals surface area contributed by atoms with Gasteiger partial charge in [0.15, 0.2) is 0 Å². The fourth-order valence-corrected chi connectivity index (χ4v) is 7.03. The molecule has 0 bridgehead atoms. The fourth-order valence-electron chi connectivity index (χ4n) is 7.03. The summed E-state index contributed by atoms with van der Waals surface area (Å²) < 4.78 is 0. The van der Waals surface area contributed by atoms with E-state index >= 15 is 0 Å². The van der Waals surface area contributed by atoms with Crippen molar-refractivity contribution in [2.45, 2.75) is 25.7 Å². The maximum Gasteiger partial charge on any atom is 0.0717 e. The SMILES string of the molecule is c1ccc2c(c1)Cc1c-2ccc2c1-c1c(ccc3c1Cc1ccnc4c1N3c1cccnc1C4)C2. The largest absolute Gasteiger partial charge is 0.306 e. The molecule has 2 aliphatic heterocycles. The van der Waals surface area contributed by atoms with Gasteiger partial charge in [-0.2, -0.15) is 0 Å². The molecule has 164 valence electrons. The normalized spacial score (nSPS) is 14.9. The van der Waals surface area contributed by atoms with Gasteiger partial charge in [0.05, 0.1) is 28.5 Å². The zero-order valence-electron chi connectivity index (χ0n) is 19.2. The maximum atomic E-state index is 4.78. The average Bonchev–Trinajstić information content (AvgIpc) is 3.47. The Hall–Kier alpha value is -4.24. The van der Waals surface area contributed by atoms with Gasteiger partial charge in [0.1, 0.15) is 0 Å². The molecule has 0 saturated heterocycles. The van der Waals surface area contributed by atoms with Gasteiger partial charge in [-0.25, -0.2) is 0 Å². The average molecular weight is 448 g/mol. The van der Waals surface area contributed by atoms with Gasteiger partial charge in [-0.15, -0.1) is 0 Å². The van der Waals surface area contributed by atoms with Crippen molar-refractivity contribution in [1.82, 2.24) is 9.97 Å². The van der Waals surface area contributed by atoms with Gasteiger partial charge in [-0.05, 0) is 92.7 Å². The molecule has 3 heteroatoms. The lowest BCUT2D eigenvalue weighted by molar-refractivity contribution is 0.927. The van der Waals surface area contributed by atoms with Gasteiger partial charge in [-0.1, -0.05) is 42.5 Å². The van der Waals surface area contributed by atoms with Crippen molar-refractivity contribution in [1.29, 1.82) is 0 Å². The summed E-state index contributed by atoms with van der Waals surface area (Å²) >= 11 is 0. The molecule has 5 aromatic rings. The summed E-state index contributed by atoms with van der Waals surface area (Å²) in [5, 5.41) is 0. The molecule has 0 N–H and O–H groups in total. The number of fused-ring (bicyclic) bond motifs is 12. The van der Waals surface area contributed by atoms with Crippen LogP contribution < -0.4 is 4.90 Å². The molecule has 35 heavy (non-hydrogen) atoms. The smallest absolute Gasteiger partial charge is 0.0717 e. The fraction of sp³-hybridized carbons (Fsp3) is 0.125. The highest BCUT2D eigenvalue weighted by molar-refractivity contribution is 5.97. The second-order valence-corrected chi connectivity index (χ2v) is 10.2. The van der Waals surface area contributed by atoms with E-state index in [0.717, 1.165) is 37.1 Å². The summed E-state index contributed by atoms with van der Waals surface area (Å²) in [5.41, 5.74) is 20.5. The summed E-state index contributed by atoms with van der Waals surface area (Å²) in [6.45, 7) is 0. The van der Waals surface area contributed by atoms with Crippen LogP contribution in [0.2, 0.25) is 0 Å². The Bertz CT molecular complexity index is 1760. The number of hydrogen-bond acceptors (Lipinski definition) is 3. The van der Waals surface area contributed by atoms with E-state index in [0.29, 0.717) is 0 Å². The molecular weight excluding hydrogens is 426 g/mol. The zero-order valence-corrected chi connectivity index (χ0v) is 19.2. The van der Waals surface area contributed by atoms with Crippen LogP contribution in [0.4, 0.5) is 17.1 Å². The first-order chi connectivity index (χ1) is 17.3. The number of rotatable bonds is 0. The molecule has 0 saturated carbocycles. The van der Waals surface area contributed by atoms with E-state index in [4.69, 9.17) is 9.97 Å². The van der Waals surface area contributed by atoms with E-state index in [2.05, 4.69) is 71.6 Å². The lowest BCUT2D eigenvalue weighted by atomic mass is 9.85. The first-order valence-electron chi connectivity index (χ1n) is 12.4. The number of benzene rings is 3. The molecular formula is C32H21N3. The van der Waals surface area contributed by atoms with Crippen LogP contribution in [0.1, 0.15) is 44.8 Å². The number of hydrogen-bond donors (Lipinski definition) is 0. The second kappa shape index (κ2) is 6.25. The summed E-state index contributed by atoms with van der Waals surface area (Å²) in [4.78, 5) is 12.0. The van der Waals surface area contributed by atoms with E-state index in [-0.39, 0.29) is 0 Å². The van der Waals surface area contributed by atoms with Gasteiger partial charge in [0.2, 0.25) is 0 Å². The van der Waals surface area contributed by atoms with E-state index in [1.54, 1.807) is 0 Å². The molecule has 2 aromatic heterocycles. The third-order valence-corrected chi connectivity index (χ3v) is 8.44. The van der Waals surface area contributed by atoms with Crippen molar-refractivity contribution in [2.75, 3.05) is 4.90 Å². The number of anilines is 3. The molecule has 4 heterocycles. The minimum absolute atomic E-state index is 0.796. The van der Waals surface area contributed by atoms with Crippen molar-refractivity contribution in [3.8, 4) is 22.3 Å². The Morgan fingerprint density at radius 3 is 2.31 bits per heavy atom. The van der Waals surface area contributed by atoms with Gasteiger partial charge < -0.3 is 4.90 Å². The minimum Gasteiger partial charge on any atom is -0.306 e. The van der Waals surface area contributed by atoms with Crippen molar-refractivity contribution in [2.24, 2.45) is 0 Å². The van der Waals surface area contributed by atoms with E-state index in [1.807, 2.05) is 12.4 Å². The topological polar surface area (TPSA) is 29.0 Å². The maximum absolute atomic E-state index is 4.78. The van der Waals surface area contributed by atoms with Crippen LogP contribution in [0, 0.1) is 0 Å². The molecule has 0 atom stereocenters. The van der Waals surface area contributed by atoms with Gasteiger partial charge in [-0.3, -0.25) is 9.97 Å². The van der Waals surface area contributed by atoms with Crippen LogP contribution in [0.5, 0.6) is 0 Å². The molecule has 0 amide bonds. The zero-order chi connectivity index (χ0) is 22.7. The Morgan fingerprint density at radius 1 is 0.514 bits per heavy atom. The first-order valence-corrected chi connectivity index (χ1v) is 12.4. The lowest BCUT2D eigenvalue weighted by Crippen LogP contribution is -2.26. The van der Waals surface area contributed by atoms with Crippen LogP contribution in [0.25, 0.3) is 22.3 Å². The summed E-state index contributed by atoms with van der Waals surface area (Å²) in [6, 6.07) is 24.9. The lowest BCUT2D eigenvalue weighted by Gasteiger charge is -2.39. The summed E-state index contributed by atoms with van der Waals surface area (Å²) in [6.07, 6.45) is 7.68. The Labute approximate surface area is 203 Å². The molecule has 2 aliphatic carbocycles. The van der Waals surface area contributed by atoms with Gasteiger partial charge >= 0.3 is 0 Å². The van der Waals surface area contributed by atoms with Gasteiger partial charge in [0.25, 0.3) is 0 Å². The third-order valence-electron chi connectivity index (χ3n) is 8.44. The highest BCUT2D eigenvalue weighted by Crippen LogP contribution is 2.55. The molecule has 4 aliphatic rings. The minimum atomic E-state index is 0.796. The summed E-state index contributed by atoms with van der Waals surface area (Å²) in [5.74, 6) is 0. The molecule has 3 aromatic carbocycles. The van der Waals surface area contributed by atoms with Crippen LogP contribution in [0.15, 0.2) is 79.1 Å². The van der Waals surface area contributed by atoms with Crippen LogP contribution >= 0.6 is 0 Å². The van der Waals surface area contributed by atoms with Crippen molar-refractivity contribution < 1.29 is 0 Å². The van der Waals surface area contributed by atoms with E-state index in [9.17, 15) is 0 Å². The van der Waals surface area contributed by atoms with Crippen LogP contribution in [-0.4, -0.2) is 9.97 Å². The van der Waals surface area contributed by atoms with Crippen LogP contribution in [-0.2, 0) is 25.7 Å². The molecule has 3 nitrogen and oxygen atoms in total. The molecule has 9 rings (SSSR count). The number of aromatic nitrogens is 2. The molecule has 0 radical (unpaired) electrons. The third kappa shape index (κ3) is 2.21. The Morgan fingerprint density at radius 2 is 1.34 bits per heavy atom. The van der Waals surface area contributed by atoms with Crippen molar-refractivity contribution in [3.05, 3.63) is 124 Å². The molecule has 0 fully saturated rings. The second-order valence-electron chi connectivity index (χ2n) is 10.2. The Kier molecular flexibility index (Phi) is 3.24. The monoisotopic (exact) mass is 447 g/mol. The van der Waals surface area contributed by atoms with Crippen molar-refractivity contribution >= 4 is 17.1 Å². The van der Waals surface area contributed by atoms with Gasteiger partial charge in [0, 0.05) is 25.2 Å². The highest BCUT2D eigenvalue weighted by Gasteiger charge is 2.37. The quantitative estimate of drug-likeness (QED) is 0.253. The number of pyridine rings is 2. The molecule has 0 spiro atoms. The standard InChI is InChI=1S/C32H21N3/c1-2-5-22-18(4-1)15-24-23(22)9-7-19-14-20-8-10-28-25(31(20)30(19)24)16-21-11-13-34-27-17-26-29(6-3-12-33-26)35(28)32(21)27/h1-13H,14-17H2. The van der Waals surface area contributed by atoms with E-state index in [1.165, 1.54) is 72.7 Å². The van der Waals surface area contributed by atoms with Crippen molar-refractivity contribution in [3.63, 3.8) is 0 Å².